The fraction of sp³-hybridized carbons (Fsp3) is 0.621. The van der Waals surface area contributed by atoms with E-state index in [1.807, 2.05) is 6.20 Å². The number of methoxy groups -OCH3 is 1. The smallest absolute Gasteiger partial charge is 0.213 e. The van der Waals surface area contributed by atoms with Crippen molar-refractivity contribution in [1.29, 1.82) is 0 Å². The van der Waals surface area contributed by atoms with Gasteiger partial charge in [-0.15, -0.1) is 0 Å². The SMILES string of the molecule is CCCC[C@H]1Cc2cc(OC)ncc2[C@@H](c2ccc(NC34CC5CC(CC(C5)C3)C4)cc2)N1. The van der Waals surface area contributed by atoms with Gasteiger partial charge in [0.15, 0.2) is 0 Å². The van der Waals surface area contributed by atoms with Gasteiger partial charge in [0.25, 0.3) is 0 Å². The Morgan fingerprint density at radius 3 is 2.39 bits per heavy atom. The van der Waals surface area contributed by atoms with E-state index in [0.29, 0.717) is 11.6 Å². The number of unbranched alkanes of at least 4 members (excludes halogenated alkanes) is 1. The topological polar surface area (TPSA) is 46.2 Å². The van der Waals surface area contributed by atoms with Crippen LogP contribution in [0.1, 0.15) is 87.4 Å². The minimum Gasteiger partial charge on any atom is -0.481 e. The summed E-state index contributed by atoms with van der Waals surface area (Å²) in [5, 5.41) is 7.98. The molecular formula is C29H39N3O. The third-order valence-electron chi connectivity index (χ3n) is 8.99. The molecule has 2 aromatic rings. The van der Waals surface area contributed by atoms with E-state index >= 15 is 0 Å². The Bertz CT molecular complexity index is 950. The molecule has 2 heterocycles. The van der Waals surface area contributed by atoms with E-state index in [2.05, 4.69) is 52.9 Å². The van der Waals surface area contributed by atoms with Crippen LogP contribution in [0.2, 0.25) is 0 Å². The van der Waals surface area contributed by atoms with Crippen LogP contribution in [0, 0.1) is 17.8 Å². The van der Waals surface area contributed by atoms with Gasteiger partial charge in [-0.3, -0.25) is 0 Å². The van der Waals surface area contributed by atoms with Crippen molar-refractivity contribution < 1.29 is 4.74 Å². The summed E-state index contributed by atoms with van der Waals surface area (Å²) in [4.78, 5) is 4.54. The van der Waals surface area contributed by atoms with Gasteiger partial charge >= 0.3 is 0 Å². The van der Waals surface area contributed by atoms with Crippen molar-refractivity contribution in [1.82, 2.24) is 10.3 Å². The lowest BCUT2D eigenvalue weighted by molar-refractivity contribution is 0.0107. The Morgan fingerprint density at radius 2 is 1.76 bits per heavy atom. The van der Waals surface area contributed by atoms with Gasteiger partial charge in [0, 0.05) is 29.5 Å². The van der Waals surface area contributed by atoms with Crippen molar-refractivity contribution in [2.45, 2.75) is 88.8 Å². The van der Waals surface area contributed by atoms with Crippen molar-refractivity contribution in [3.8, 4) is 5.88 Å². The lowest BCUT2D eigenvalue weighted by Gasteiger charge is -2.57. The molecule has 7 rings (SSSR count). The van der Waals surface area contributed by atoms with Crippen molar-refractivity contribution in [3.63, 3.8) is 0 Å². The molecule has 0 radical (unpaired) electrons. The number of fused-ring (bicyclic) bond motifs is 1. The van der Waals surface area contributed by atoms with Crippen LogP contribution < -0.4 is 15.4 Å². The molecule has 0 spiro atoms. The van der Waals surface area contributed by atoms with Crippen LogP contribution in [-0.4, -0.2) is 23.7 Å². The monoisotopic (exact) mass is 445 g/mol. The molecule has 4 saturated carbocycles. The van der Waals surface area contributed by atoms with Crippen molar-refractivity contribution in [3.05, 3.63) is 53.2 Å². The highest BCUT2D eigenvalue weighted by molar-refractivity contribution is 5.50. The van der Waals surface area contributed by atoms with Crippen LogP contribution in [0.15, 0.2) is 36.5 Å². The third-order valence-corrected chi connectivity index (χ3v) is 8.99. The number of ether oxygens (including phenoxy) is 1. The van der Waals surface area contributed by atoms with Crippen LogP contribution >= 0.6 is 0 Å². The van der Waals surface area contributed by atoms with Gasteiger partial charge in [-0.1, -0.05) is 31.9 Å². The van der Waals surface area contributed by atoms with E-state index in [-0.39, 0.29) is 6.04 Å². The summed E-state index contributed by atoms with van der Waals surface area (Å²) in [7, 11) is 1.71. The molecule has 1 aromatic carbocycles. The summed E-state index contributed by atoms with van der Waals surface area (Å²) in [6.07, 6.45) is 15.4. The Labute approximate surface area is 198 Å². The fourth-order valence-corrected chi connectivity index (χ4v) is 7.92. The Balaban J connectivity index is 1.23. The number of aromatic nitrogens is 1. The van der Waals surface area contributed by atoms with Crippen molar-refractivity contribution >= 4 is 5.69 Å². The average molecular weight is 446 g/mol. The Morgan fingerprint density at radius 1 is 1.06 bits per heavy atom. The number of benzene rings is 1. The van der Waals surface area contributed by atoms with Crippen molar-refractivity contribution in [2.75, 3.05) is 12.4 Å². The van der Waals surface area contributed by atoms with Crippen LogP contribution in [0.5, 0.6) is 5.88 Å². The highest BCUT2D eigenvalue weighted by Gasteiger charge is 2.50. The van der Waals surface area contributed by atoms with Crippen molar-refractivity contribution in [2.24, 2.45) is 17.8 Å². The summed E-state index contributed by atoms with van der Waals surface area (Å²) in [6.45, 7) is 2.27. The molecule has 0 amide bonds. The second-order valence-corrected chi connectivity index (χ2v) is 11.5. The molecule has 2 N–H and O–H groups in total. The Kier molecular flexibility index (Phi) is 5.60. The minimum atomic E-state index is 0.197. The van der Waals surface area contributed by atoms with E-state index in [1.165, 1.54) is 80.2 Å². The highest BCUT2D eigenvalue weighted by atomic mass is 16.5. The summed E-state index contributed by atoms with van der Waals surface area (Å²) in [6, 6.07) is 12.1. The number of rotatable bonds is 7. The van der Waals surface area contributed by atoms with Crippen LogP contribution in [0.3, 0.4) is 0 Å². The van der Waals surface area contributed by atoms with Gasteiger partial charge in [0.2, 0.25) is 5.88 Å². The molecule has 0 saturated heterocycles. The molecule has 33 heavy (non-hydrogen) atoms. The van der Waals surface area contributed by atoms with E-state index in [1.54, 1.807) is 7.11 Å². The summed E-state index contributed by atoms with van der Waals surface area (Å²) >= 11 is 0. The standard InChI is InChI=1S/C29H39N3O/c1-3-4-5-25-13-23-14-27(33-2)30-18-26(23)28(31-25)22-6-8-24(9-7-22)32-29-15-19-10-20(16-29)12-21(11-19)17-29/h6-9,14,18-21,25,28,31-32H,3-5,10-13,15-17H2,1-2H3/t19?,20?,21?,25-,28+,29?/m0/s1. The normalized spacial score (nSPS) is 34.2. The highest BCUT2D eigenvalue weighted by Crippen LogP contribution is 2.56. The summed E-state index contributed by atoms with van der Waals surface area (Å²) in [5.41, 5.74) is 5.66. The maximum Gasteiger partial charge on any atom is 0.213 e. The van der Waals surface area contributed by atoms with E-state index in [9.17, 15) is 0 Å². The van der Waals surface area contributed by atoms with Crippen LogP contribution in [-0.2, 0) is 6.42 Å². The number of hydrogen-bond acceptors (Lipinski definition) is 4. The molecule has 4 fully saturated rings. The Hall–Kier alpha value is -2.07. The summed E-state index contributed by atoms with van der Waals surface area (Å²) < 4.78 is 5.43. The maximum absolute atomic E-state index is 5.43. The second kappa shape index (κ2) is 8.61. The van der Waals surface area contributed by atoms with Gasteiger partial charge in [-0.2, -0.15) is 0 Å². The van der Waals surface area contributed by atoms with E-state index in [0.717, 1.165) is 30.1 Å². The first-order valence-electron chi connectivity index (χ1n) is 13.3. The molecule has 1 aliphatic heterocycles. The molecule has 5 aliphatic rings. The molecular weight excluding hydrogens is 406 g/mol. The molecule has 4 bridgehead atoms. The zero-order chi connectivity index (χ0) is 22.4. The first-order chi connectivity index (χ1) is 16.1. The van der Waals surface area contributed by atoms with Crippen LogP contribution in [0.4, 0.5) is 5.69 Å². The van der Waals surface area contributed by atoms with E-state index < -0.39 is 0 Å². The number of nitrogens with zero attached hydrogens (tertiary/aromatic N) is 1. The molecule has 176 valence electrons. The third kappa shape index (κ3) is 4.16. The van der Waals surface area contributed by atoms with E-state index in [4.69, 9.17) is 4.74 Å². The second-order valence-electron chi connectivity index (χ2n) is 11.5. The number of anilines is 1. The van der Waals surface area contributed by atoms with Gasteiger partial charge in [0.05, 0.1) is 13.2 Å². The molecule has 4 aliphatic carbocycles. The lowest BCUT2D eigenvalue weighted by Crippen LogP contribution is -2.54. The zero-order valence-corrected chi connectivity index (χ0v) is 20.3. The number of pyridine rings is 1. The molecule has 4 heteroatoms. The quantitative estimate of drug-likeness (QED) is 0.528. The largest absolute Gasteiger partial charge is 0.481 e. The predicted octanol–water partition coefficient (Wildman–Crippen LogP) is 6.26. The number of hydrogen-bond donors (Lipinski definition) is 2. The molecule has 2 atom stereocenters. The lowest BCUT2D eigenvalue weighted by atomic mass is 9.53. The molecule has 1 aromatic heterocycles. The summed E-state index contributed by atoms with van der Waals surface area (Å²) in [5.74, 6) is 3.63. The molecule has 4 nitrogen and oxygen atoms in total. The van der Waals surface area contributed by atoms with Gasteiger partial charge < -0.3 is 15.4 Å². The van der Waals surface area contributed by atoms with Gasteiger partial charge in [-0.05, 0) is 97.9 Å². The fourth-order valence-electron chi connectivity index (χ4n) is 7.92. The average Bonchev–Trinajstić information content (AvgIpc) is 2.81. The first kappa shape index (κ1) is 21.5. The van der Waals surface area contributed by atoms with Crippen LogP contribution in [0.25, 0.3) is 0 Å². The molecule has 0 unspecified atom stereocenters. The number of nitrogens with one attached hydrogen (secondary N) is 2. The maximum atomic E-state index is 5.43. The first-order valence-corrected chi connectivity index (χ1v) is 13.3. The predicted molar refractivity (Wildman–Crippen MR) is 134 cm³/mol. The zero-order valence-electron chi connectivity index (χ0n) is 20.3. The minimum absolute atomic E-state index is 0.197. The van der Waals surface area contributed by atoms with Gasteiger partial charge in [0.1, 0.15) is 0 Å². The van der Waals surface area contributed by atoms with Gasteiger partial charge in [-0.25, -0.2) is 4.98 Å².